The number of nitrogens with zero attached hydrogens (tertiary/aromatic N) is 1. The first-order chi connectivity index (χ1) is 8.89. The third-order valence-corrected chi connectivity index (χ3v) is 5.62. The van der Waals surface area contributed by atoms with Gasteiger partial charge < -0.3 is 5.73 Å². The highest BCUT2D eigenvalue weighted by Gasteiger charge is 2.38. The van der Waals surface area contributed by atoms with Crippen LogP contribution in [-0.2, 0) is 0 Å². The lowest BCUT2D eigenvalue weighted by atomic mass is 9.69. The largest absolute Gasteiger partial charge is 0.326 e. The van der Waals surface area contributed by atoms with Crippen LogP contribution in [0, 0.1) is 11.3 Å². The number of hydrogen-bond acceptors (Lipinski definition) is 2. The molecule has 0 radical (unpaired) electrons. The first-order valence-corrected chi connectivity index (χ1v) is 8.41. The van der Waals surface area contributed by atoms with Crippen molar-refractivity contribution in [2.75, 3.05) is 6.54 Å². The van der Waals surface area contributed by atoms with Crippen molar-refractivity contribution in [3.63, 3.8) is 0 Å². The predicted octanol–water partition coefficient (Wildman–Crippen LogP) is 3.79. The molecule has 1 heterocycles. The molecular weight excluding hydrogens is 232 g/mol. The van der Waals surface area contributed by atoms with Crippen LogP contribution < -0.4 is 5.73 Å². The Morgan fingerprint density at radius 1 is 1.00 bits per heavy atom. The fraction of sp³-hybridized carbons (Fsp3) is 1.00. The fourth-order valence-electron chi connectivity index (χ4n) is 4.13. The minimum Gasteiger partial charge on any atom is -0.326 e. The van der Waals surface area contributed by atoms with E-state index in [-0.39, 0.29) is 0 Å². The Morgan fingerprint density at radius 2 is 1.74 bits per heavy atom. The van der Waals surface area contributed by atoms with E-state index in [0.717, 1.165) is 12.0 Å². The van der Waals surface area contributed by atoms with Crippen molar-refractivity contribution in [1.29, 1.82) is 0 Å². The Balaban J connectivity index is 2.07. The van der Waals surface area contributed by atoms with Crippen LogP contribution in [0.3, 0.4) is 0 Å². The van der Waals surface area contributed by atoms with Crippen LogP contribution in [-0.4, -0.2) is 29.6 Å². The summed E-state index contributed by atoms with van der Waals surface area (Å²) in [6.45, 7) is 10.9. The lowest BCUT2D eigenvalue weighted by Gasteiger charge is -2.46. The van der Waals surface area contributed by atoms with Gasteiger partial charge in [0, 0.05) is 18.1 Å². The quantitative estimate of drug-likeness (QED) is 0.782. The lowest BCUT2D eigenvalue weighted by molar-refractivity contribution is 0.0484. The summed E-state index contributed by atoms with van der Waals surface area (Å²) in [5.74, 6) is 0.841. The third kappa shape index (κ3) is 3.72. The topological polar surface area (TPSA) is 29.3 Å². The third-order valence-electron chi connectivity index (χ3n) is 5.62. The van der Waals surface area contributed by atoms with Gasteiger partial charge in [0.15, 0.2) is 0 Å². The Morgan fingerprint density at radius 3 is 2.42 bits per heavy atom. The minimum atomic E-state index is 0.402. The molecule has 2 heteroatoms. The van der Waals surface area contributed by atoms with Crippen LogP contribution in [0.2, 0.25) is 0 Å². The smallest absolute Gasteiger partial charge is 0.0252 e. The average molecular weight is 266 g/mol. The van der Waals surface area contributed by atoms with Crippen LogP contribution in [0.15, 0.2) is 0 Å². The van der Waals surface area contributed by atoms with Crippen LogP contribution in [0.5, 0.6) is 0 Å². The maximum absolute atomic E-state index is 6.49. The maximum atomic E-state index is 6.49. The fourth-order valence-corrected chi connectivity index (χ4v) is 4.13. The molecule has 4 atom stereocenters. The van der Waals surface area contributed by atoms with Gasteiger partial charge >= 0.3 is 0 Å². The molecule has 2 rings (SSSR count). The summed E-state index contributed by atoms with van der Waals surface area (Å²) in [7, 11) is 0. The summed E-state index contributed by atoms with van der Waals surface area (Å²) in [6, 6.07) is 1.77. The first kappa shape index (κ1) is 15.3. The molecule has 19 heavy (non-hydrogen) atoms. The molecule has 1 aliphatic heterocycles. The van der Waals surface area contributed by atoms with E-state index < -0.39 is 0 Å². The zero-order valence-electron chi connectivity index (χ0n) is 13.5. The van der Waals surface area contributed by atoms with Crippen molar-refractivity contribution in [2.45, 2.75) is 90.8 Å². The van der Waals surface area contributed by atoms with Gasteiger partial charge in [-0.2, -0.15) is 0 Å². The highest BCUT2D eigenvalue weighted by Crippen LogP contribution is 2.40. The summed E-state index contributed by atoms with van der Waals surface area (Å²) in [6.07, 6.45) is 9.40. The van der Waals surface area contributed by atoms with E-state index >= 15 is 0 Å². The Bertz CT molecular complexity index is 281. The molecule has 2 fully saturated rings. The van der Waals surface area contributed by atoms with Gasteiger partial charge in [-0.3, -0.25) is 4.90 Å². The van der Waals surface area contributed by atoms with Gasteiger partial charge in [0.05, 0.1) is 0 Å². The lowest BCUT2D eigenvalue weighted by Crippen LogP contribution is -2.55. The zero-order valence-corrected chi connectivity index (χ0v) is 13.5. The second kappa shape index (κ2) is 6.13. The van der Waals surface area contributed by atoms with Gasteiger partial charge in [0.2, 0.25) is 0 Å². The maximum Gasteiger partial charge on any atom is 0.0252 e. The van der Waals surface area contributed by atoms with Crippen LogP contribution >= 0.6 is 0 Å². The summed E-state index contributed by atoms with van der Waals surface area (Å²) in [5.41, 5.74) is 6.92. The van der Waals surface area contributed by atoms with Crippen molar-refractivity contribution < 1.29 is 0 Å². The Hall–Kier alpha value is -0.0800. The number of nitrogens with two attached hydrogens (primary N) is 1. The van der Waals surface area contributed by atoms with Gasteiger partial charge in [-0.1, -0.05) is 33.6 Å². The predicted molar refractivity (Wildman–Crippen MR) is 83.2 cm³/mol. The van der Waals surface area contributed by atoms with Gasteiger partial charge in [0.25, 0.3) is 0 Å². The average Bonchev–Trinajstić information content (AvgIpc) is 2.53. The van der Waals surface area contributed by atoms with Crippen LogP contribution in [0.25, 0.3) is 0 Å². The molecule has 0 aromatic rings. The molecule has 0 aromatic carbocycles. The standard InChI is InChI=1S/C17H34N2/c1-13-8-6-5-7-11-19(13)16-12-14(17(2,3)4)9-10-15(16)18/h13-16H,5-12,18H2,1-4H3. The number of hydrogen-bond donors (Lipinski definition) is 1. The highest BCUT2D eigenvalue weighted by atomic mass is 15.2. The van der Waals surface area contributed by atoms with E-state index in [2.05, 4.69) is 32.6 Å². The van der Waals surface area contributed by atoms with Crippen molar-refractivity contribution in [3.8, 4) is 0 Å². The number of likely N-dealkylation sites (tertiary alicyclic amines) is 1. The molecule has 1 aliphatic carbocycles. The van der Waals surface area contributed by atoms with E-state index in [4.69, 9.17) is 5.73 Å². The summed E-state index contributed by atoms with van der Waals surface area (Å²) >= 11 is 0. The second-order valence-electron chi connectivity index (χ2n) is 8.04. The molecule has 1 saturated carbocycles. The van der Waals surface area contributed by atoms with E-state index in [0.29, 0.717) is 17.5 Å². The molecule has 2 N–H and O–H groups in total. The summed E-state index contributed by atoms with van der Waals surface area (Å²) in [4.78, 5) is 2.76. The van der Waals surface area contributed by atoms with E-state index in [9.17, 15) is 0 Å². The van der Waals surface area contributed by atoms with E-state index in [1.54, 1.807) is 0 Å². The van der Waals surface area contributed by atoms with Crippen molar-refractivity contribution >= 4 is 0 Å². The van der Waals surface area contributed by atoms with Gasteiger partial charge in [-0.05, 0) is 56.9 Å². The monoisotopic (exact) mass is 266 g/mol. The molecule has 0 bridgehead atoms. The van der Waals surface area contributed by atoms with E-state index in [1.165, 1.54) is 51.5 Å². The molecule has 0 aromatic heterocycles. The summed E-state index contributed by atoms with van der Waals surface area (Å²) < 4.78 is 0. The first-order valence-electron chi connectivity index (χ1n) is 8.41. The number of rotatable bonds is 1. The Labute approximate surface area is 120 Å². The molecule has 112 valence electrons. The molecule has 1 saturated heterocycles. The molecular formula is C17H34N2. The summed E-state index contributed by atoms with van der Waals surface area (Å²) in [5, 5.41) is 0. The highest BCUT2D eigenvalue weighted by molar-refractivity contribution is 4.94. The molecule has 2 aliphatic rings. The normalized spacial score (nSPS) is 39.0. The van der Waals surface area contributed by atoms with Crippen molar-refractivity contribution in [3.05, 3.63) is 0 Å². The van der Waals surface area contributed by atoms with Gasteiger partial charge in [-0.15, -0.1) is 0 Å². The zero-order chi connectivity index (χ0) is 14.0. The van der Waals surface area contributed by atoms with Crippen molar-refractivity contribution in [2.24, 2.45) is 17.1 Å². The molecule has 0 spiro atoms. The molecule has 2 nitrogen and oxygen atoms in total. The molecule has 4 unspecified atom stereocenters. The van der Waals surface area contributed by atoms with Gasteiger partial charge in [0.1, 0.15) is 0 Å². The van der Waals surface area contributed by atoms with Crippen LogP contribution in [0.4, 0.5) is 0 Å². The van der Waals surface area contributed by atoms with Crippen molar-refractivity contribution in [1.82, 2.24) is 4.90 Å². The minimum absolute atomic E-state index is 0.402. The van der Waals surface area contributed by atoms with E-state index in [1.807, 2.05) is 0 Å². The SMILES string of the molecule is CC1CCCCCN1C1CC(C(C)(C)C)CCC1N. The van der Waals surface area contributed by atoms with Gasteiger partial charge in [-0.25, -0.2) is 0 Å². The Kier molecular flexibility index (Phi) is 4.94. The van der Waals surface area contributed by atoms with Crippen LogP contribution in [0.1, 0.15) is 72.6 Å². The second-order valence-corrected chi connectivity index (χ2v) is 8.04. The molecule has 0 amide bonds.